The Morgan fingerprint density at radius 3 is 2.48 bits per heavy atom. The summed E-state index contributed by atoms with van der Waals surface area (Å²) in [5, 5.41) is 19.8. The zero-order valence-electron chi connectivity index (χ0n) is 15.5. The topological polar surface area (TPSA) is 61.8 Å². The van der Waals surface area contributed by atoms with Crippen molar-refractivity contribution in [2.45, 2.75) is 12.6 Å². The van der Waals surface area contributed by atoms with Crippen molar-refractivity contribution in [3.8, 4) is 17.2 Å². The lowest BCUT2D eigenvalue weighted by molar-refractivity contribution is 0.210. The van der Waals surface area contributed by atoms with Crippen molar-refractivity contribution in [3.63, 3.8) is 0 Å². The molecule has 1 heterocycles. The molecule has 5 heteroatoms. The lowest BCUT2D eigenvalue weighted by atomic mass is 10.00. The molecule has 0 aliphatic carbocycles. The average molecular weight is 383 g/mol. The van der Waals surface area contributed by atoms with Crippen LogP contribution in [0.3, 0.4) is 0 Å². The number of imidazole rings is 1. The van der Waals surface area contributed by atoms with E-state index in [-0.39, 0.29) is 5.82 Å². The second-order valence-electron chi connectivity index (χ2n) is 6.76. The summed E-state index contributed by atoms with van der Waals surface area (Å²) in [6.45, 7) is 0.489. The first-order valence-corrected chi connectivity index (χ1v) is 9.17. The van der Waals surface area contributed by atoms with E-state index in [0.29, 0.717) is 28.9 Å². The van der Waals surface area contributed by atoms with E-state index in [9.17, 15) is 9.50 Å². The molecule has 0 amide bonds. The van der Waals surface area contributed by atoms with Gasteiger partial charge in [0.05, 0.1) is 29.9 Å². The molecule has 1 atom stereocenters. The maximum atomic E-state index is 14.7. The van der Waals surface area contributed by atoms with Crippen molar-refractivity contribution < 1.29 is 9.50 Å². The summed E-state index contributed by atoms with van der Waals surface area (Å²) < 4.78 is 16.5. The van der Waals surface area contributed by atoms with Crippen LogP contribution in [-0.2, 0) is 6.54 Å². The molecule has 0 radical (unpaired) electrons. The van der Waals surface area contributed by atoms with Gasteiger partial charge in [-0.3, -0.25) is 0 Å². The number of halogens is 1. The summed E-state index contributed by atoms with van der Waals surface area (Å²) in [4.78, 5) is 4.14. The number of nitriles is 1. The van der Waals surface area contributed by atoms with Gasteiger partial charge in [-0.05, 0) is 34.9 Å². The van der Waals surface area contributed by atoms with Gasteiger partial charge < -0.3 is 9.67 Å². The normalized spacial score (nSPS) is 11.8. The number of hydrogen-bond donors (Lipinski definition) is 1. The third-order valence-electron chi connectivity index (χ3n) is 4.85. The number of rotatable bonds is 5. The largest absolute Gasteiger partial charge is 0.382 e. The summed E-state index contributed by atoms with van der Waals surface area (Å²) in [5.74, 6) is -0.383. The Morgan fingerprint density at radius 1 is 1.03 bits per heavy atom. The molecule has 1 aromatic heterocycles. The van der Waals surface area contributed by atoms with Gasteiger partial charge in [0.25, 0.3) is 0 Å². The Morgan fingerprint density at radius 2 is 1.79 bits per heavy atom. The highest BCUT2D eigenvalue weighted by molar-refractivity contribution is 5.64. The molecule has 1 unspecified atom stereocenters. The molecule has 142 valence electrons. The first-order chi connectivity index (χ1) is 14.2. The van der Waals surface area contributed by atoms with E-state index in [0.717, 1.165) is 11.1 Å². The maximum Gasteiger partial charge on any atom is 0.131 e. The fraction of sp³-hybridized carbons (Fsp3) is 0.0833. The molecule has 4 aromatic rings. The van der Waals surface area contributed by atoms with Gasteiger partial charge in [-0.25, -0.2) is 9.37 Å². The van der Waals surface area contributed by atoms with Crippen molar-refractivity contribution in [3.05, 3.63) is 114 Å². The molecule has 0 bridgehead atoms. The van der Waals surface area contributed by atoms with E-state index in [1.54, 1.807) is 36.8 Å². The number of hydrogen-bond acceptors (Lipinski definition) is 3. The van der Waals surface area contributed by atoms with Gasteiger partial charge in [0, 0.05) is 12.1 Å². The van der Waals surface area contributed by atoms with Gasteiger partial charge in [0.2, 0.25) is 0 Å². The second kappa shape index (κ2) is 8.09. The van der Waals surface area contributed by atoms with Crippen LogP contribution in [0.4, 0.5) is 4.39 Å². The second-order valence-corrected chi connectivity index (χ2v) is 6.76. The van der Waals surface area contributed by atoms with Crippen LogP contribution in [0.15, 0.2) is 85.3 Å². The maximum absolute atomic E-state index is 14.7. The van der Waals surface area contributed by atoms with Gasteiger partial charge in [0.1, 0.15) is 11.9 Å². The third-order valence-corrected chi connectivity index (χ3v) is 4.85. The first kappa shape index (κ1) is 18.6. The van der Waals surface area contributed by atoms with E-state index in [4.69, 9.17) is 5.26 Å². The third kappa shape index (κ3) is 3.93. The highest BCUT2D eigenvalue weighted by atomic mass is 19.1. The molecule has 0 spiro atoms. The van der Waals surface area contributed by atoms with Crippen molar-refractivity contribution >= 4 is 0 Å². The SMILES string of the molecule is N#Cc1ccc(Cn2cncc2C(O)c2ccc(-c3ccccc3)c(F)c2)cc1. The smallest absolute Gasteiger partial charge is 0.131 e. The fourth-order valence-corrected chi connectivity index (χ4v) is 3.30. The van der Waals surface area contributed by atoms with Crippen molar-refractivity contribution in [2.75, 3.05) is 0 Å². The van der Waals surface area contributed by atoms with Crippen LogP contribution in [0.1, 0.15) is 28.5 Å². The average Bonchev–Trinajstić information content (AvgIpc) is 3.22. The summed E-state index contributed by atoms with van der Waals surface area (Å²) in [7, 11) is 0. The highest BCUT2D eigenvalue weighted by Crippen LogP contribution is 2.28. The minimum absolute atomic E-state index is 0.383. The van der Waals surface area contributed by atoms with Crippen molar-refractivity contribution in [2.24, 2.45) is 0 Å². The Labute approximate surface area is 168 Å². The monoisotopic (exact) mass is 383 g/mol. The minimum Gasteiger partial charge on any atom is -0.382 e. The molecule has 4 nitrogen and oxygen atoms in total. The number of benzene rings is 3. The number of aliphatic hydroxyl groups is 1. The highest BCUT2D eigenvalue weighted by Gasteiger charge is 2.17. The number of aliphatic hydroxyl groups excluding tert-OH is 1. The standard InChI is InChI=1S/C24H18FN3O/c25-22-12-20(10-11-21(22)19-4-2-1-3-5-19)24(29)23-14-27-16-28(23)15-18-8-6-17(13-26)7-9-18/h1-12,14,16,24,29H,15H2. The van der Waals surface area contributed by atoms with E-state index in [1.165, 1.54) is 6.07 Å². The van der Waals surface area contributed by atoms with Crippen LogP contribution >= 0.6 is 0 Å². The summed E-state index contributed by atoms with van der Waals surface area (Å²) in [5.41, 5.74) is 3.88. The van der Waals surface area contributed by atoms with Gasteiger partial charge in [-0.2, -0.15) is 5.26 Å². The van der Waals surface area contributed by atoms with E-state index in [1.807, 2.05) is 47.0 Å². The van der Waals surface area contributed by atoms with Gasteiger partial charge in [-0.15, -0.1) is 0 Å². The molecular formula is C24H18FN3O. The summed E-state index contributed by atoms with van der Waals surface area (Å²) in [6.07, 6.45) is 2.21. The number of nitrogens with zero attached hydrogens (tertiary/aromatic N) is 3. The Hall–Kier alpha value is -3.75. The summed E-state index contributed by atoms with van der Waals surface area (Å²) >= 11 is 0. The zero-order valence-corrected chi connectivity index (χ0v) is 15.5. The van der Waals surface area contributed by atoms with E-state index >= 15 is 0 Å². The lowest BCUT2D eigenvalue weighted by Gasteiger charge is -2.15. The molecular weight excluding hydrogens is 365 g/mol. The van der Waals surface area contributed by atoms with Crippen LogP contribution in [0.2, 0.25) is 0 Å². The zero-order chi connectivity index (χ0) is 20.2. The molecule has 0 saturated carbocycles. The van der Waals surface area contributed by atoms with Gasteiger partial charge in [0.15, 0.2) is 0 Å². The van der Waals surface area contributed by atoms with Crippen molar-refractivity contribution in [1.29, 1.82) is 5.26 Å². The Kier molecular flexibility index (Phi) is 5.19. The molecule has 3 aromatic carbocycles. The summed E-state index contributed by atoms with van der Waals surface area (Å²) in [6, 6.07) is 23.4. The van der Waals surface area contributed by atoms with Gasteiger partial charge in [-0.1, -0.05) is 54.6 Å². The molecule has 29 heavy (non-hydrogen) atoms. The van der Waals surface area contributed by atoms with Crippen LogP contribution in [-0.4, -0.2) is 14.7 Å². The van der Waals surface area contributed by atoms with Crippen LogP contribution in [0.5, 0.6) is 0 Å². The van der Waals surface area contributed by atoms with Gasteiger partial charge >= 0.3 is 0 Å². The van der Waals surface area contributed by atoms with Crippen LogP contribution in [0.25, 0.3) is 11.1 Å². The number of aromatic nitrogens is 2. The first-order valence-electron chi connectivity index (χ1n) is 9.17. The molecule has 0 fully saturated rings. The molecule has 4 rings (SSSR count). The van der Waals surface area contributed by atoms with E-state index in [2.05, 4.69) is 11.1 Å². The molecule has 0 saturated heterocycles. The Balaban J connectivity index is 1.59. The van der Waals surface area contributed by atoms with Crippen LogP contribution in [0, 0.1) is 17.1 Å². The van der Waals surface area contributed by atoms with Crippen molar-refractivity contribution in [1.82, 2.24) is 9.55 Å². The molecule has 0 aliphatic heterocycles. The fourth-order valence-electron chi connectivity index (χ4n) is 3.30. The van der Waals surface area contributed by atoms with E-state index < -0.39 is 6.10 Å². The quantitative estimate of drug-likeness (QED) is 0.544. The lowest BCUT2D eigenvalue weighted by Crippen LogP contribution is -2.09. The minimum atomic E-state index is -1.00. The molecule has 0 aliphatic rings. The predicted molar refractivity (Wildman–Crippen MR) is 108 cm³/mol. The van der Waals surface area contributed by atoms with Crippen LogP contribution < -0.4 is 0 Å². The Bertz CT molecular complexity index is 1160. The molecule has 1 N–H and O–H groups in total. The predicted octanol–water partition coefficient (Wildman–Crippen LogP) is 4.69.